The zero-order valence-corrected chi connectivity index (χ0v) is 34.4. The lowest BCUT2D eigenvalue weighted by molar-refractivity contribution is -0.295. The van der Waals surface area contributed by atoms with Gasteiger partial charge in [-0.1, -0.05) is 80.6 Å². The van der Waals surface area contributed by atoms with E-state index in [1.54, 1.807) is 92.7 Å². The molecule has 3 aromatic carbocycles. The van der Waals surface area contributed by atoms with Crippen LogP contribution in [-0.4, -0.2) is 101 Å². The van der Waals surface area contributed by atoms with Crippen LogP contribution in [0.4, 0.5) is 0 Å². The molecule has 0 radical (unpaired) electrons. The number of ether oxygens (including phenoxy) is 5. The number of methoxy groups -OCH3 is 1. The molecule has 60 heavy (non-hydrogen) atoms. The molecule has 3 aliphatic rings. The highest BCUT2D eigenvalue weighted by molar-refractivity contribution is 6.09. The van der Waals surface area contributed by atoms with E-state index in [2.05, 4.69) is 5.32 Å². The van der Waals surface area contributed by atoms with Gasteiger partial charge in [-0.25, -0.2) is 9.59 Å². The zero-order chi connectivity index (χ0) is 43.6. The molecular weight excluding hydrogens is 774 g/mol. The van der Waals surface area contributed by atoms with Crippen molar-refractivity contribution in [2.75, 3.05) is 20.3 Å². The molecule has 1 fully saturated rings. The molecule has 0 spiro atoms. The molecule has 0 aromatic heterocycles. The molecule has 8 atom stereocenters. The van der Waals surface area contributed by atoms with E-state index in [-0.39, 0.29) is 47.5 Å². The second-order valence-corrected chi connectivity index (χ2v) is 16.1. The number of carbonyl (C=O) groups excluding carboxylic acids is 5. The fraction of sp³-hybridized carbons (Fsp3) is 0.413. The predicted octanol–water partition coefficient (Wildman–Crippen LogP) is 4.90. The third-order valence-electron chi connectivity index (χ3n) is 12.2. The summed E-state index contributed by atoms with van der Waals surface area (Å²) in [5, 5.41) is 39.8. The molecule has 1 heterocycles. The number of aliphatic hydroxyl groups is 3. The third-order valence-corrected chi connectivity index (χ3v) is 12.2. The van der Waals surface area contributed by atoms with Gasteiger partial charge in [0.2, 0.25) is 5.78 Å². The Bertz CT molecular complexity index is 2170. The molecular formula is C46H51NO13. The molecule has 14 heteroatoms. The first-order valence-electron chi connectivity index (χ1n) is 19.7. The van der Waals surface area contributed by atoms with Gasteiger partial charge in [-0.3, -0.25) is 14.4 Å². The van der Waals surface area contributed by atoms with Crippen LogP contribution in [0, 0.1) is 11.3 Å². The van der Waals surface area contributed by atoms with E-state index in [4.69, 9.17) is 23.7 Å². The second kappa shape index (κ2) is 17.5. The van der Waals surface area contributed by atoms with E-state index in [1.165, 1.54) is 40.0 Å². The van der Waals surface area contributed by atoms with Gasteiger partial charge in [0.25, 0.3) is 5.91 Å². The van der Waals surface area contributed by atoms with E-state index >= 15 is 0 Å². The van der Waals surface area contributed by atoms with Gasteiger partial charge in [0.15, 0.2) is 17.5 Å². The monoisotopic (exact) mass is 825 g/mol. The quantitative estimate of drug-likeness (QED) is 0.134. The topological polar surface area (TPSA) is 204 Å². The maximum absolute atomic E-state index is 14.6. The van der Waals surface area contributed by atoms with Gasteiger partial charge in [-0.05, 0) is 54.8 Å². The summed E-state index contributed by atoms with van der Waals surface area (Å²) in [5.74, 6) is -6.47. The first-order chi connectivity index (χ1) is 28.5. The van der Waals surface area contributed by atoms with Crippen LogP contribution in [0.1, 0.15) is 79.8 Å². The lowest BCUT2D eigenvalue weighted by Gasteiger charge is -2.60. The van der Waals surface area contributed by atoms with Gasteiger partial charge < -0.3 is 44.3 Å². The lowest BCUT2D eigenvalue weighted by atomic mass is 9.53. The van der Waals surface area contributed by atoms with E-state index < -0.39 is 94.8 Å². The van der Waals surface area contributed by atoms with Crippen molar-refractivity contribution in [3.05, 3.63) is 130 Å². The van der Waals surface area contributed by atoms with Crippen LogP contribution in [0.25, 0.3) is 0 Å². The number of carbonyl (C=O) groups is 5. The number of amides is 1. The van der Waals surface area contributed by atoms with Crippen LogP contribution in [0.15, 0.2) is 113 Å². The summed E-state index contributed by atoms with van der Waals surface area (Å²) in [7, 11) is 1.48. The van der Waals surface area contributed by atoms with Crippen LogP contribution in [0.2, 0.25) is 0 Å². The average Bonchev–Trinajstić information content (AvgIpc) is 3.23. The highest BCUT2D eigenvalue weighted by Crippen LogP contribution is 2.58. The number of benzene rings is 3. The van der Waals surface area contributed by atoms with Crippen molar-refractivity contribution in [2.24, 2.45) is 11.3 Å². The van der Waals surface area contributed by atoms with E-state index in [0.29, 0.717) is 5.56 Å². The van der Waals surface area contributed by atoms with Crippen molar-refractivity contribution < 1.29 is 63.0 Å². The Morgan fingerprint density at radius 1 is 0.883 bits per heavy atom. The van der Waals surface area contributed by atoms with Gasteiger partial charge in [-0.2, -0.15) is 0 Å². The number of allylic oxidation sites excluding steroid dienone is 1. The number of esters is 3. The molecule has 14 nitrogen and oxygen atoms in total. The van der Waals surface area contributed by atoms with Crippen LogP contribution in [0.3, 0.4) is 0 Å². The average molecular weight is 826 g/mol. The van der Waals surface area contributed by atoms with E-state index in [1.807, 2.05) is 0 Å². The summed E-state index contributed by atoms with van der Waals surface area (Å²) < 4.78 is 29.7. The van der Waals surface area contributed by atoms with Crippen molar-refractivity contribution in [3.63, 3.8) is 0 Å². The number of fused-ring (bicyclic) bond motifs is 2. The number of ketones is 1. The van der Waals surface area contributed by atoms with Crippen LogP contribution in [-0.2, 0) is 38.1 Å². The number of Topliss-reactive ketones (excluding diaryl/α,β-unsaturated/α-hetero) is 1. The molecule has 0 saturated carbocycles. The molecule has 6 rings (SSSR count). The minimum absolute atomic E-state index is 0.0391. The van der Waals surface area contributed by atoms with Gasteiger partial charge in [-0.15, -0.1) is 0 Å². The van der Waals surface area contributed by atoms with Crippen molar-refractivity contribution in [1.82, 2.24) is 5.32 Å². The largest absolute Gasteiger partial charge is 0.504 e. The van der Waals surface area contributed by atoms with Gasteiger partial charge in [0.1, 0.15) is 23.9 Å². The van der Waals surface area contributed by atoms with Crippen molar-refractivity contribution >= 4 is 29.6 Å². The maximum atomic E-state index is 14.6. The van der Waals surface area contributed by atoms with Crippen molar-refractivity contribution in [2.45, 2.75) is 89.1 Å². The number of aliphatic hydroxyl groups excluding tert-OH is 2. The Morgan fingerprint density at radius 2 is 1.47 bits per heavy atom. The molecule has 1 amide bonds. The summed E-state index contributed by atoms with van der Waals surface area (Å²) in [6.07, 6.45) is -6.39. The molecule has 1 aliphatic heterocycles. The van der Waals surface area contributed by atoms with Gasteiger partial charge in [0, 0.05) is 50.0 Å². The van der Waals surface area contributed by atoms with E-state index in [9.17, 15) is 39.3 Å². The molecule has 2 aliphatic carbocycles. The molecule has 2 bridgehead atoms. The maximum Gasteiger partial charge on any atom is 0.338 e. The summed E-state index contributed by atoms with van der Waals surface area (Å²) in [5.41, 5.74) is -4.91. The Balaban J connectivity index is 1.47. The highest BCUT2D eigenvalue weighted by atomic mass is 16.6. The van der Waals surface area contributed by atoms with E-state index in [0.717, 1.165) is 0 Å². The predicted molar refractivity (Wildman–Crippen MR) is 215 cm³/mol. The van der Waals surface area contributed by atoms with Crippen molar-refractivity contribution in [1.29, 1.82) is 0 Å². The fourth-order valence-electron chi connectivity index (χ4n) is 8.92. The molecule has 3 aromatic rings. The first kappa shape index (κ1) is 43.9. The summed E-state index contributed by atoms with van der Waals surface area (Å²) in [6.45, 7) is 7.12. The number of hydrogen-bond acceptors (Lipinski definition) is 13. The summed E-state index contributed by atoms with van der Waals surface area (Å²) in [4.78, 5) is 69.2. The molecule has 318 valence electrons. The molecule has 1 saturated heterocycles. The van der Waals surface area contributed by atoms with Crippen LogP contribution in [0.5, 0.6) is 0 Å². The number of nitrogens with one attached hydrogen (secondary N) is 1. The third kappa shape index (κ3) is 7.99. The SMILES string of the molecule is COCC[C@H]1OC[C@@]1(OC(C)=O)[C@@H]1/C(C)=C(/O)C(=O)C2=C(C)[C@@H](OC(=O)[C@H](O)[C@@H](NC(=O)c3ccccc3)c3ccccc3)C[C@@](O)([C@H]1OC(=O)c1ccccc1)C2(C)C. The Hall–Kier alpha value is -5.67. The second-order valence-electron chi connectivity index (χ2n) is 16.1. The smallest absolute Gasteiger partial charge is 0.338 e. The Labute approximate surface area is 348 Å². The number of rotatable bonds is 13. The van der Waals surface area contributed by atoms with Crippen molar-refractivity contribution in [3.8, 4) is 0 Å². The van der Waals surface area contributed by atoms with Crippen LogP contribution < -0.4 is 5.32 Å². The first-order valence-corrected chi connectivity index (χ1v) is 19.7. The normalized spacial score (nSPS) is 28.2. The summed E-state index contributed by atoms with van der Waals surface area (Å²) >= 11 is 0. The standard InChI is InChI=1S/C46H51NO13/c1-26-32(58-43(54)39(51)36(29-16-10-7-11-17-29)47-41(52)30-18-12-8-13-19-30)24-46(55)40(59-42(53)31-20-14-9-15-21-31)35(27(2)37(49)38(50)34(26)44(46,4)5)45(60-28(3)48)25-57-33(45)22-23-56-6/h7-21,32-33,35-36,39-40,49,51,55H,22-25H2,1-6H3,(H,47,52)/b37-27+/t32-,33+,35+,36-,39+,40-,45-,46+/m0/s1. The van der Waals surface area contributed by atoms with Gasteiger partial charge in [0.05, 0.1) is 24.1 Å². The van der Waals surface area contributed by atoms with Gasteiger partial charge >= 0.3 is 17.9 Å². The minimum atomic E-state index is -2.32. The Morgan fingerprint density at radius 3 is 2.02 bits per heavy atom. The number of hydrogen-bond donors (Lipinski definition) is 4. The Kier molecular flexibility index (Phi) is 12.8. The fourth-order valence-corrected chi connectivity index (χ4v) is 8.92. The molecule has 0 unspecified atom stereocenters. The lowest BCUT2D eigenvalue weighted by Crippen LogP contribution is -2.73. The highest BCUT2D eigenvalue weighted by Gasteiger charge is 2.69. The molecule has 4 N–H and O–H groups in total. The summed E-state index contributed by atoms with van der Waals surface area (Å²) in [6, 6.07) is 23.2. The van der Waals surface area contributed by atoms with Crippen LogP contribution >= 0.6 is 0 Å². The zero-order valence-electron chi connectivity index (χ0n) is 34.4. The minimum Gasteiger partial charge on any atom is -0.504 e.